The molecule has 1 unspecified atom stereocenters. The van der Waals surface area contributed by atoms with Gasteiger partial charge in [-0.15, -0.1) is 5.73 Å². The summed E-state index contributed by atoms with van der Waals surface area (Å²) in [5.74, 6) is 1.43. The summed E-state index contributed by atoms with van der Waals surface area (Å²) in [7, 11) is 0. The normalized spacial score (nSPS) is 18.7. The molecule has 2 aliphatic rings. The molecule has 1 aromatic carbocycles. The number of aldehydes is 1. The number of carbonyl (C=O) groups is 1. The van der Waals surface area contributed by atoms with Crippen molar-refractivity contribution in [2.45, 2.75) is 20.0 Å². The highest BCUT2D eigenvalue weighted by Crippen LogP contribution is 2.31. The van der Waals surface area contributed by atoms with Crippen molar-refractivity contribution in [1.82, 2.24) is 0 Å². The minimum Gasteiger partial charge on any atom is -0.485 e. The molecule has 0 spiro atoms. The van der Waals surface area contributed by atoms with E-state index < -0.39 is 0 Å². The van der Waals surface area contributed by atoms with Crippen LogP contribution in [0.2, 0.25) is 0 Å². The van der Waals surface area contributed by atoms with Crippen molar-refractivity contribution in [2.24, 2.45) is 0 Å². The Morgan fingerprint density at radius 2 is 1.76 bits per heavy atom. The van der Waals surface area contributed by atoms with Crippen molar-refractivity contribution in [3.8, 4) is 0 Å². The first-order valence-corrected chi connectivity index (χ1v) is 7.05. The average Bonchev–Trinajstić information content (AvgIpc) is 2.81. The van der Waals surface area contributed by atoms with Gasteiger partial charge in [0, 0.05) is 5.56 Å². The van der Waals surface area contributed by atoms with E-state index in [1.54, 1.807) is 24.3 Å². The van der Waals surface area contributed by atoms with Gasteiger partial charge in [-0.25, -0.2) is 0 Å². The lowest BCUT2D eigenvalue weighted by Gasteiger charge is -2.28. The number of fused-ring (bicyclic) bond motifs is 1. The van der Waals surface area contributed by atoms with E-state index in [1.165, 1.54) is 0 Å². The summed E-state index contributed by atoms with van der Waals surface area (Å²) in [6, 6.07) is 7.33. The SMILES string of the molecule is CC.O=Cc1ccc(C2COC3=CC=C=CC=C3O2)cc1. The van der Waals surface area contributed by atoms with Crippen LogP contribution < -0.4 is 0 Å². The second-order valence-electron chi connectivity index (χ2n) is 4.26. The molecule has 1 atom stereocenters. The fourth-order valence-electron chi connectivity index (χ4n) is 1.99. The zero-order chi connectivity index (χ0) is 15.1. The maximum Gasteiger partial charge on any atom is 0.162 e. The maximum absolute atomic E-state index is 10.6. The van der Waals surface area contributed by atoms with Gasteiger partial charge in [-0.05, 0) is 29.9 Å². The maximum atomic E-state index is 10.6. The van der Waals surface area contributed by atoms with Crippen molar-refractivity contribution in [2.75, 3.05) is 6.61 Å². The average molecular weight is 282 g/mol. The van der Waals surface area contributed by atoms with Crippen LogP contribution in [0, 0.1) is 0 Å². The molecular weight excluding hydrogens is 264 g/mol. The van der Waals surface area contributed by atoms with Crippen molar-refractivity contribution in [3.05, 3.63) is 76.9 Å². The topological polar surface area (TPSA) is 35.5 Å². The molecule has 108 valence electrons. The lowest BCUT2D eigenvalue weighted by Crippen LogP contribution is -2.19. The second-order valence-corrected chi connectivity index (χ2v) is 4.26. The third kappa shape index (κ3) is 3.53. The quantitative estimate of drug-likeness (QED) is 0.605. The summed E-state index contributed by atoms with van der Waals surface area (Å²) in [5, 5.41) is 0. The molecule has 1 aliphatic heterocycles. The molecule has 1 aliphatic carbocycles. The highest BCUT2D eigenvalue weighted by atomic mass is 16.6. The van der Waals surface area contributed by atoms with Crippen LogP contribution >= 0.6 is 0 Å². The fraction of sp³-hybridized carbons (Fsp3) is 0.222. The number of hydrogen-bond acceptors (Lipinski definition) is 3. The van der Waals surface area contributed by atoms with Gasteiger partial charge >= 0.3 is 0 Å². The number of rotatable bonds is 2. The van der Waals surface area contributed by atoms with Crippen LogP contribution in [-0.4, -0.2) is 12.9 Å². The number of ether oxygens (including phenoxy) is 2. The molecule has 0 saturated carbocycles. The molecule has 3 heteroatoms. The first-order valence-electron chi connectivity index (χ1n) is 7.05. The van der Waals surface area contributed by atoms with Crippen molar-refractivity contribution in [3.63, 3.8) is 0 Å². The van der Waals surface area contributed by atoms with Gasteiger partial charge in [0.05, 0.1) is 0 Å². The number of benzene rings is 1. The van der Waals surface area contributed by atoms with E-state index in [1.807, 2.05) is 38.1 Å². The molecule has 1 heterocycles. The van der Waals surface area contributed by atoms with Gasteiger partial charge in [0.2, 0.25) is 0 Å². The Kier molecular flexibility index (Phi) is 5.19. The van der Waals surface area contributed by atoms with Gasteiger partial charge < -0.3 is 9.47 Å². The summed E-state index contributed by atoms with van der Waals surface area (Å²) < 4.78 is 11.6. The zero-order valence-corrected chi connectivity index (χ0v) is 12.2. The molecule has 21 heavy (non-hydrogen) atoms. The number of hydrogen-bond donors (Lipinski definition) is 0. The minimum atomic E-state index is -0.157. The Labute approximate surface area is 124 Å². The van der Waals surface area contributed by atoms with Gasteiger partial charge in [0.25, 0.3) is 0 Å². The first-order chi connectivity index (χ1) is 10.4. The largest absolute Gasteiger partial charge is 0.485 e. The van der Waals surface area contributed by atoms with Gasteiger partial charge in [-0.1, -0.05) is 38.1 Å². The number of carbonyl (C=O) groups excluding carboxylic acids is 1. The fourth-order valence-corrected chi connectivity index (χ4v) is 1.99. The predicted octanol–water partition coefficient (Wildman–Crippen LogP) is 4.11. The molecule has 0 N–H and O–H groups in total. The molecule has 3 rings (SSSR count). The van der Waals surface area contributed by atoms with E-state index in [9.17, 15) is 4.79 Å². The van der Waals surface area contributed by atoms with Crippen LogP contribution in [0.25, 0.3) is 0 Å². The summed E-state index contributed by atoms with van der Waals surface area (Å²) in [6.07, 6.45) is 7.92. The van der Waals surface area contributed by atoms with Gasteiger partial charge in [-0.3, -0.25) is 4.79 Å². The lowest BCUT2D eigenvalue weighted by molar-refractivity contribution is -0.00815. The summed E-state index contributed by atoms with van der Waals surface area (Å²) in [4.78, 5) is 10.6. The predicted molar refractivity (Wildman–Crippen MR) is 81.8 cm³/mol. The van der Waals surface area contributed by atoms with Crippen LogP contribution in [0.1, 0.15) is 35.9 Å². The Bertz CT molecular complexity index is 614. The molecule has 0 amide bonds. The zero-order valence-electron chi connectivity index (χ0n) is 12.2. The standard InChI is InChI=1S/C16H12O3.C2H6/c17-10-12-6-8-13(9-7-12)16-11-18-14-4-2-1-3-5-15(14)19-16;1-2/h2-10,16H,11H2;1-2H3. The van der Waals surface area contributed by atoms with Crippen molar-refractivity contribution in [1.29, 1.82) is 0 Å². The van der Waals surface area contributed by atoms with E-state index in [2.05, 4.69) is 5.73 Å². The van der Waals surface area contributed by atoms with Gasteiger partial charge in [-0.2, -0.15) is 0 Å². The van der Waals surface area contributed by atoms with Crippen molar-refractivity contribution >= 4 is 6.29 Å². The van der Waals surface area contributed by atoms with E-state index in [4.69, 9.17) is 9.47 Å². The first kappa shape index (κ1) is 14.9. The summed E-state index contributed by atoms with van der Waals surface area (Å²) in [5.41, 5.74) is 4.62. The third-order valence-electron chi connectivity index (χ3n) is 3.01. The number of allylic oxidation sites excluding steroid dienone is 3. The third-order valence-corrected chi connectivity index (χ3v) is 3.01. The van der Waals surface area contributed by atoms with Crippen LogP contribution in [0.15, 0.2) is 65.8 Å². The highest BCUT2D eigenvalue weighted by Gasteiger charge is 2.24. The molecule has 1 aromatic rings. The van der Waals surface area contributed by atoms with E-state index in [-0.39, 0.29) is 6.10 Å². The molecule has 3 nitrogen and oxygen atoms in total. The Balaban J connectivity index is 0.000000774. The molecular formula is C18H18O3. The van der Waals surface area contributed by atoms with Gasteiger partial charge in [0.15, 0.2) is 17.6 Å². The molecule has 0 aromatic heterocycles. The molecule has 0 bridgehead atoms. The van der Waals surface area contributed by atoms with Crippen molar-refractivity contribution < 1.29 is 14.3 Å². The van der Waals surface area contributed by atoms with Crippen LogP contribution in [-0.2, 0) is 9.47 Å². The Morgan fingerprint density at radius 3 is 2.43 bits per heavy atom. The lowest BCUT2D eigenvalue weighted by atomic mass is 10.1. The van der Waals surface area contributed by atoms with Gasteiger partial charge in [0.1, 0.15) is 12.9 Å². The van der Waals surface area contributed by atoms with E-state index >= 15 is 0 Å². The van der Waals surface area contributed by atoms with E-state index in [0.717, 1.165) is 17.6 Å². The summed E-state index contributed by atoms with van der Waals surface area (Å²) >= 11 is 0. The van der Waals surface area contributed by atoms with Crippen LogP contribution in [0.3, 0.4) is 0 Å². The second kappa shape index (κ2) is 7.32. The summed E-state index contributed by atoms with van der Waals surface area (Å²) in [6.45, 7) is 4.46. The smallest absolute Gasteiger partial charge is 0.162 e. The molecule has 0 radical (unpaired) electrons. The minimum absolute atomic E-state index is 0.157. The van der Waals surface area contributed by atoms with Crippen LogP contribution in [0.4, 0.5) is 0 Å². The monoisotopic (exact) mass is 282 g/mol. The van der Waals surface area contributed by atoms with E-state index in [0.29, 0.717) is 17.9 Å². The Hall–Kier alpha value is -2.51. The van der Waals surface area contributed by atoms with Crippen LogP contribution in [0.5, 0.6) is 0 Å². The highest BCUT2D eigenvalue weighted by molar-refractivity contribution is 5.74. The molecule has 1 fully saturated rings. The Morgan fingerprint density at radius 1 is 1.10 bits per heavy atom. The molecule has 1 saturated heterocycles.